The normalized spacial score (nSPS) is 10.8. The molecule has 0 heterocycles. The van der Waals surface area contributed by atoms with Crippen molar-refractivity contribution in [1.29, 1.82) is 0 Å². The van der Waals surface area contributed by atoms with E-state index in [9.17, 15) is 4.79 Å². The van der Waals surface area contributed by atoms with Crippen molar-refractivity contribution in [2.45, 2.75) is 20.3 Å². The van der Waals surface area contributed by atoms with E-state index in [-0.39, 0.29) is 5.78 Å². The van der Waals surface area contributed by atoms with Crippen molar-refractivity contribution in [1.82, 2.24) is 5.32 Å². The first-order chi connectivity index (χ1) is 4.66. The Hall–Kier alpha value is -0.790. The molecule has 0 aliphatic carbocycles. The highest BCUT2D eigenvalue weighted by Gasteiger charge is 1.98. The van der Waals surface area contributed by atoms with Crippen molar-refractivity contribution in [3.63, 3.8) is 0 Å². The monoisotopic (exact) mass is 141 g/mol. The van der Waals surface area contributed by atoms with Crippen molar-refractivity contribution >= 4 is 5.78 Å². The molecule has 0 saturated carbocycles. The van der Waals surface area contributed by atoms with Crippen LogP contribution in [0.1, 0.15) is 20.3 Å². The highest BCUT2D eigenvalue weighted by molar-refractivity contribution is 5.89. The van der Waals surface area contributed by atoms with Crippen LogP contribution in [0.25, 0.3) is 0 Å². The van der Waals surface area contributed by atoms with Crippen LogP contribution in [-0.4, -0.2) is 12.8 Å². The van der Waals surface area contributed by atoms with Crippen LogP contribution in [0.5, 0.6) is 0 Å². The van der Waals surface area contributed by atoms with Crippen molar-refractivity contribution < 1.29 is 4.79 Å². The van der Waals surface area contributed by atoms with E-state index < -0.39 is 0 Å². The largest absolute Gasteiger partial charge is 0.394 e. The Kier molecular flexibility index (Phi) is 4.63. The molecule has 0 aromatic rings. The second-order valence-corrected chi connectivity index (χ2v) is 2.69. The minimum atomic E-state index is 0.185. The molecule has 0 rings (SSSR count). The van der Waals surface area contributed by atoms with Gasteiger partial charge in [0.25, 0.3) is 0 Å². The molecule has 0 saturated heterocycles. The quantitative estimate of drug-likeness (QED) is 0.598. The highest BCUT2D eigenvalue weighted by atomic mass is 16.1. The topological polar surface area (TPSA) is 29.1 Å². The number of allylic oxidation sites excluding steroid dienone is 1. The van der Waals surface area contributed by atoms with Crippen LogP contribution < -0.4 is 5.32 Å². The van der Waals surface area contributed by atoms with E-state index in [0.29, 0.717) is 12.3 Å². The molecule has 10 heavy (non-hydrogen) atoms. The van der Waals surface area contributed by atoms with Gasteiger partial charge in [0.2, 0.25) is 0 Å². The van der Waals surface area contributed by atoms with Crippen LogP contribution >= 0.6 is 0 Å². The van der Waals surface area contributed by atoms with Crippen LogP contribution in [0.3, 0.4) is 0 Å². The SMILES string of the molecule is CN/C=C/C(=O)CC(C)C. The molecule has 0 aromatic heterocycles. The summed E-state index contributed by atoms with van der Waals surface area (Å²) in [6.07, 6.45) is 3.86. The zero-order valence-electron chi connectivity index (χ0n) is 6.85. The summed E-state index contributed by atoms with van der Waals surface area (Å²) in [5.41, 5.74) is 0. The molecular formula is C8H15NO. The van der Waals surface area contributed by atoms with E-state index in [0.717, 1.165) is 0 Å². The van der Waals surface area contributed by atoms with E-state index in [1.807, 2.05) is 13.8 Å². The Balaban J connectivity index is 3.54. The Morgan fingerprint density at radius 1 is 1.60 bits per heavy atom. The zero-order chi connectivity index (χ0) is 7.98. The predicted octanol–water partition coefficient (Wildman–Crippen LogP) is 1.33. The highest BCUT2D eigenvalue weighted by Crippen LogP contribution is 1.99. The Bertz CT molecular complexity index is 127. The Morgan fingerprint density at radius 2 is 2.20 bits per heavy atom. The summed E-state index contributed by atoms with van der Waals surface area (Å²) in [7, 11) is 1.78. The zero-order valence-corrected chi connectivity index (χ0v) is 6.85. The van der Waals surface area contributed by atoms with E-state index in [1.165, 1.54) is 0 Å². The van der Waals surface area contributed by atoms with Crippen LogP contribution in [-0.2, 0) is 4.79 Å². The van der Waals surface area contributed by atoms with E-state index in [2.05, 4.69) is 5.32 Å². The summed E-state index contributed by atoms with van der Waals surface area (Å²) in [4.78, 5) is 10.9. The summed E-state index contributed by atoms with van der Waals surface area (Å²) < 4.78 is 0. The fraction of sp³-hybridized carbons (Fsp3) is 0.625. The third-order valence-corrected chi connectivity index (χ3v) is 1.05. The molecule has 2 heteroatoms. The Morgan fingerprint density at radius 3 is 2.60 bits per heavy atom. The third-order valence-electron chi connectivity index (χ3n) is 1.05. The molecule has 2 nitrogen and oxygen atoms in total. The summed E-state index contributed by atoms with van der Waals surface area (Å²) >= 11 is 0. The van der Waals surface area contributed by atoms with Gasteiger partial charge in [-0.1, -0.05) is 13.8 Å². The molecule has 0 aliphatic heterocycles. The number of carbonyl (C=O) groups is 1. The lowest BCUT2D eigenvalue weighted by molar-refractivity contribution is -0.115. The van der Waals surface area contributed by atoms with Crippen molar-refractivity contribution in [2.24, 2.45) is 5.92 Å². The maximum Gasteiger partial charge on any atom is 0.157 e. The maximum atomic E-state index is 10.9. The summed E-state index contributed by atoms with van der Waals surface area (Å²) in [5.74, 6) is 0.637. The fourth-order valence-corrected chi connectivity index (χ4v) is 0.647. The second-order valence-electron chi connectivity index (χ2n) is 2.69. The lowest BCUT2D eigenvalue weighted by atomic mass is 10.1. The standard InChI is InChI=1S/C8H15NO/c1-7(2)6-8(10)4-5-9-3/h4-5,7,9H,6H2,1-3H3/b5-4+. The van der Waals surface area contributed by atoms with Gasteiger partial charge >= 0.3 is 0 Å². The number of rotatable bonds is 4. The second kappa shape index (κ2) is 5.03. The summed E-state index contributed by atoms with van der Waals surface area (Å²) in [6, 6.07) is 0. The smallest absolute Gasteiger partial charge is 0.157 e. The van der Waals surface area contributed by atoms with Gasteiger partial charge in [-0.2, -0.15) is 0 Å². The number of ketones is 1. The molecule has 0 fully saturated rings. The van der Waals surface area contributed by atoms with Gasteiger partial charge in [-0.25, -0.2) is 0 Å². The predicted molar refractivity (Wildman–Crippen MR) is 42.7 cm³/mol. The van der Waals surface area contributed by atoms with Crippen LogP contribution in [0.4, 0.5) is 0 Å². The van der Waals surface area contributed by atoms with Gasteiger partial charge in [0.15, 0.2) is 5.78 Å². The Labute approximate surface area is 62.3 Å². The van der Waals surface area contributed by atoms with E-state index >= 15 is 0 Å². The molecule has 0 aliphatic rings. The molecule has 0 unspecified atom stereocenters. The van der Waals surface area contributed by atoms with Gasteiger partial charge in [0.05, 0.1) is 0 Å². The van der Waals surface area contributed by atoms with Gasteiger partial charge in [-0.3, -0.25) is 4.79 Å². The van der Waals surface area contributed by atoms with Crippen LogP contribution in [0.15, 0.2) is 12.3 Å². The number of hydrogen-bond donors (Lipinski definition) is 1. The first-order valence-electron chi connectivity index (χ1n) is 3.53. The molecule has 0 radical (unpaired) electrons. The number of nitrogens with one attached hydrogen (secondary N) is 1. The fourth-order valence-electron chi connectivity index (χ4n) is 0.647. The lowest BCUT2D eigenvalue weighted by Crippen LogP contribution is -2.01. The van der Waals surface area contributed by atoms with Crippen LogP contribution in [0.2, 0.25) is 0 Å². The average Bonchev–Trinajstić information content (AvgIpc) is 1.82. The van der Waals surface area contributed by atoms with Crippen LogP contribution in [0, 0.1) is 5.92 Å². The molecule has 0 bridgehead atoms. The average molecular weight is 141 g/mol. The van der Waals surface area contributed by atoms with Gasteiger partial charge in [0.1, 0.15) is 0 Å². The molecular weight excluding hydrogens is 126 g/mol. The third kappa shape index (κ3) is 5.35. The molecule has 0 amide bonds. The number of carbonyl (C=O) groups excluding carboxylic acids is 1. The molecule has 0 aromatic carbocycles. The molecule has 0 atom stereocenters. The van der Waals surface area contributed by atoms with Gasteiger partial charge in [0, 0.05) is 13.5 Å². The van der Waals surface area contributed by atoms with Gasteiger partial charge in [-0.05, 0) is 18.2 Å². The molecule has 0 spiro atoms. The molecule has 58 valence electrons. The first-order valence-corrected chi connectivity index (χ1v) is 3.53. The minimum Gasteiger partial charge on any atom is -0.394 e. The van der Waals surface area contributed by atoms with Crippen molar-refractivity contribution in [2.75, 3.05) is 7.05 Å². The lowest BCUT2D eigenvalue weighted by Gasteiger charge is -1.97. The van der Waals surface area contributed by atoms with Crippen molar-refractivity contribution in [3.8, 4) is 0 Å². The maximum absolute atomic E-state index is 10.9. The minimum absolute atomic E-state index is 0.185. The number of hydrogen-bond acceptors (Lipinski definition) is 2. The summed E-state index contributed by atoms with van der Waals surface area (Å²) in [6.45, 7) is 4.07. The van der Waals surface area contributed by atoms with Crippen molar-refractivity contribution in [3.05, 3.63) is 12.3 Å². The first kappa shape index (κ1) is 9.21. The summed E-state index contributed by atoms with van der Waals surface area (Å²) in [5, 5.41) is 2.77. The van der Waals surface area contributed by atoms with Gasteiger partial charge in [-0.15, -0.1) is 0 Å². The molecule has 1 N–H and O–H groups in total. The van der Waals surface area contributed by atoms with E-state index in [1.54, 1.807) is 19.3 Å². The van der Waals surface area contributed by atoms with Gasteiger partial charge < -0.3 is 5.32 Å². The van der Waals surface area contributed by atoms with E-state index in [4.69, 9.17) is 0 Å².